The van der Waals surface area contributed by atoms with Crippen LogP contribution in [0.1, 0.15) is 31.7 Å². The lowest BCUT2D eigenvalue weighted by molar-refractivity contribution is -0.137. The fraction of sp³-hybridized carbons (Fsp3) is 0.357. The van der Waals surface area contributed by atoms with Crippen molar-refractivity contribution in [1.82, 2.24) is 4.98 Å². The van der Waals surface area contributed by atoms with Crippen LogP contribution in [-0.2, 0) is 4.79 Å². The van der Waals surface area contributed by atoms with Gasteiger partial charge in [0, 0.05) is 17.1 Å². The smallest absolute Gasteiger partial charge is 0.303 e. The Bertz CT molecular complexity index is 574. The maximum atomic E-state index is 13.1. The summed E-state index contributed by atoms with van der Waals surface area (Å²) >= 11 is 0. The number of benzene rings is 1. The predicted octanol–water partition coefficient (Wildman–Crippen LogP) is 3.52. The van der Waals surface area contributed by atoms with Gasteiger partial charge in [-0.15, -0.1) is 0 Å². The molecule has 0 aliphatic carbocycles. The third-order valence-corrected chi connectivity index (χ3v) is 3.27. The first-order valence-electron chi connectivity index (χ1n) is 5.97. The molecule has 0 aliphatic rings. The number of aromatic amines is 1. The lowest BCUT2D eigenvalue weighted by Gasteiger charge is -2.18. The predicted molar refractivity (Wildman–Crippen MR) is 68.1 cm³/mol. The first kappa shape index (κ1) is 12.6. The molecule has 0 bridgehead atoms. The van der Waals surface area contributed by atoms with Gasteiger partial charge in [-0.1, -0.05) is 13.8 Å². The van der Waals surface area contributed by atoms with Crippen molar-refractivity contribution in [3.05, 3.63) is 35.8 Å². The van der Waals surface area contributed by atoms with E-state index in [9.17, 15) is 9.18 Å². The molecule has 1 aromatic carbocycles. The average molecular weight is 249 g/mol. The first-order valence-corrected chi connectivity index (χ1v) is 5.97. The molecule has 2 aromatic rings. The highest BCUT2D eigenvalue weighted by Gasteiger charge is 2.22. The molecule has 1 aromatic heterocycles. The molecule has 2 rings (SSSR count). The van der Waals surface area contributed by atoms with Crippen molar-refractivity contribution >= 4 is 16.9 Å². The van der Waals surface area contributed by atoms with Crippen molar-refractivity contribution in [2.24, 2.45) is 5.92 Å². The second-order valence-corrected chi connectivity index (χ2v) is 4.88. The van der Waals surface area contributed by atoms with Crippen LogP contribution >= 0.6 is 0 Å². The van der Waals surface area contributed by atoms with Gasteiger partial charge in [-0.3, -0.25) is 4.79 Å². The van der Waals surface area contributed by atoms with E-state index in [1.54, 1.807) is 12.3 Å². The summed E-state index contributed by atoms with van der Waals surface area (Å²) < 4.78 is 13.1. The van der Waals surface area contributed by atoms with Gasteiger partial charge in [-0.25, -0.2) is 4.39 Å². The van der Waals surface area contributed by atoms with Gasteiger partial charge in [0.15, 0.2) is 0 Å². The minimum atomic E-state index is -0.815. The zero-order valence-corrected chi connectivity index (χ0v) is 10.4. The van der Waals surface area contributed by atoms with Gasteiger partial charge in [0.05, 0.1) is 6.42 Å². The number of carboxylic acid groups (broad SMARTS) is 1. The highest BCUT2D eigenvalue weighted by atomic mass is 19.1. The van der Waals surface area contributed by atoms with Crippen molar-refractivity contribution in [3.8, 4) is 0 Å². The van der Waals surface area contributed by atoms with Crippen molar-refractivity contribution < 1.29 is 14.3 Å². The number of rotatable bonds is 4. The van der Waals surface area contributed by atoms with E-state index in [0.29, 0.717) is 5.52 Å². The van der Waals surface area contributed by atoms with E-state index in [0.717, 1.165) is 10.9 Å². The minimum Gasteiger partial charge on any atom is -0.481 e. The third kappa shape index (κ3) is 2.37. The van der Waals surface area contributed by atoms with Crippen LogP contribution in [0.2, 0.25) is 0 Å². The number of aromatic nitrogens is 1. The van der Waals surface area contributed by atoms with Crippen LogP contribution < -0.4 is 0 Å². The number of carbonyl (C=O) groups is 1. The van der Waals surface area contributed by atoms with Crippen LogP contribution in [0, 0.1) is 11.7 Å². The maximum absolute atomic E-state index is 13.1. The summed E-state index contributed by atoms with van der Waals surface area (Å²) in [6.45, 7) is 3.99. The van der Waals surface area contributed by atoms with Gasteiger partial charge in [0.2, 0.25) is 0 Å². The second-order valence-electron chi connectivity index (χ2n) is 4.88. The van der Waals surface area contributed by atoms with Crippen molar-refractivity contribution in [1.29, 1.82) is 0 Å². The largest absolute Gasteiger partial charge is 0.481 e. The van der Waals surface area contributed by atoms with E-state index in [2.05, 4.69) is 4.98 Å². The van der Waals surface area contributed by atoms with Crippen molar-refractivity contribution in [2.45, 2.75) is 26.2 Å². The SMILES string of the molecule is CC(C)C(CC(=O)O)c1c[nH]c2cc(F)ccc12. The van der Waals surface area contributed by atoms with Crippen LogP contribution in [0.15, 0.2) is 24.4 Å². The summed E-state index contributed by atoms with van der Waals surface area (Å²) in [7, 11) is 0. The monoisotopic (exact) mass is 249 g/mol. The molecule has 1 unspecified atom stereocenters. The van der Waals surface area contributed by atoms with Crippen molar-refractivity contribution in [3.63, 3.8) is 0 Å². The highest BCUT2D eigenvalue weighted by molar-refractivity contribution is 5.84. The number of nitrogens with one attached hydrogen (secondary N) is 1. The molecule has 0 aliphatic heterocycles. The zero-order valence-electron chi connectivity index (χ0n) is 10.4. The van der Waals surface area contributed by atoms with E-state index in [4.69, 9.17) is 5.11 Å². The van der Waals surface area contributed by atoms with Gasteiger partial charge in [0.25, 0.3) is 0 Å². The van der Waals surface area contributed by atoms with Gasteiger partial charge in [-0.2, -0.15) is 0 Å². The Balaban J connectivity index is 2.47. The molecule has 4 heteroatoms. The molecule has 96 valence electrons. The lowest BCUT2D eigenvalue weighted by Crippen LogP contribution is -2.11. The normalized spacial score (nSPS) is 13.1. The Hall–Kier alpha value is -1.84. The summed E-state index contributed by atoms with van der Waals surface area (Å²) in [4.78, 5) is 13.9. The van der Waals surface area contributed by atoms with Crippen LogP contribution in [0.25, 0.3) is 10.9 Å². The summed E-state index contributed by atoms with van der Waals surface area (Å²) in [5, 5.41) is 9.88. The molecule has 0 radical (unpaired) electrons. The van der Waals surface area contributed by atoms with E-state index in [1.807, 2.05) is 13.8 Å². The lowest BCUT2D eigenvalue weighted by atomic mass is 9.85. The number of aliphatic carboxylic acids is 1. The van der Waals surface area contributed by atoms with E-state index in [-0.39, 0.29) is 24.1 Å². The molecule has 0 fully saturated rings. The molecule has 1 heterocycles. The molecule has 0 spiro atoms. The van der Waals surface area contributed by atoms with Gasteiger partial charge >= 0.3 is 5.97 Å². The fourth-order valence-electron chi connectivity index (χ4n) is 2.32. The Morgan fingerprint density at radius 2 is 2.17 bits per heavy atom. The first-order chi connectivity index (χ1) is 8.49. The number of H-pyrrole nitrogens is 1. The van der Waals surface area contributed by atoms with Crippen LogP contribution in [0.3, 0.4) is 0 Å². The Kier molecular flexibility index (Phi) is 3.36. The van der Waals surface area contributed by atoms with E-state index >= 15 is 0 Å². The highest BCUT2D eigenvalue weighted by Crippen LogP contribution is 2.33. The number of carboxylic acids is 1. The zero-order chi connectivity index (χ0) is 13.3. The number of halogens is 1. The Morgan fingerprint density at radius 3 is 2.78 bits per heavy atom. The molecule has 2 N–H and O–H groups in total. The molecule has 0 amide bonds. The summed E-state index contributed by atoms with van der Waals surface area (Å²) in [5.41, 5.74) is 1.66. The van der Waals surface area contributed by atoms with Gasteiger partial charge in [0.1, 0.15) is 5.82 Å². The molecule has 0 saturated heterocycles. The van der Waals surface area contributed by atoms with Gasteiger partial charge in [-0.05, 0) is 35.6 Å². The molecule has 0 saturated carbocycles. The Labute approximate surface area is 105 Å². The standard InChI is InChI=1S/C14H16FNO2/c1-8(2)11(6-14(17)18)12-7-16-13-5-9(15)3-4-10(12)13/h3-5,7-8,11,16H,6H2,1-2H3,(H,17,18). The average Bonchev–Trinajstić information content (AvgIpc) is 2.67. The molecule has 3 nitrogen and oxygen atoms in total. The third-order valence-electron chi connectivity index (χ3n) is 3.27. The minimum absolute atomic E-state index is 0.0679. The summed E-state index contributed by atoms with van der Waals surface area (Å²) in [6, 6.07) is 4.53. The number of hydrogen-bond acceptors (Lipinski definition) is 1. The van der Waals surface area contributed by atoms with Gasteiger partial charge < -0.3 is 10.1 Å². The quantitative estimate of drug-likeness (QED) is 0.871. The number of hydrogen-bond donors (Lipinski definition) is 2. The molecular weight excluding hydrogens is 233 g/mol. The van der Waals surface area contributed by atoms with Crippen LogP contribution in [0.4, 0.5) is 4.39 Å². The van der Waals surface area contributed by atoms with Crippen molar-refractivity contribution in [2.75, 3.05) is 0 Å². The van der Waals surface area contributed by atoms with E-state index < -0.39 is 5.97 Å². The molecule has 18 heavy (non-hydrogen) atoms. The molecular formula is C14H16FNO2. The van der Waals surface area contributed by atoms with Crippen LogP contribution in [-0.4, -0.2) is 16.1 Å². The van der Waals surface area contributed by atoms with E-state index in [1.165, 1.54) is 12.1 Å². The Morgan fingerprint density at radius 1 is 1.44 bits per heavy atom. The fourth-order valence-corrected chi connectivity index (χ4v) is 2.32. The summed E-state index contributed by atoms with van der Waals surface area (Å²) in [5.74, 6) is -0.966. The van der Waals surface area contributed by atoms with Crippen LogP contribution in [0.5, 0.6) is 0 Å². The second kappa shape index (κ2) is 4.80. The molecule has 1 atom stereocenters. The summed E-state index contributed by atoms with van der Waals surface area (Å²) in [6.07, 6.45) is 1.87. The number of fused-ring (bicyclic) bond motifs is 1. The maximum Gasteiger partial charge on any atom is 0.303 e. The topological polar surface area (TPSA) is 53.1 Å².